The number of aromatic nitrogens is 1. The van der Waals surface area contributed by atoms with Crippen LogP contribution in [0.15, 0.2) is 48.8 Å². The van der Waals surface area contributed by atoms with E-state index in [0.717, 1.165) is 11.4 Å². The molecule has 0 aliphatic rings. The van der Waals surface area contributed by atoms with Gasteiger partial charge in [0.15, 0.2) is 0 Å². The summed E-state index contributed by atoms with van der Waals surface area (Å²) in [5.74, 6) is 0. The van der Waals surface area contributed by atoms with Crippen LogP contribution in [0.5, 0.6) is 0 Å². The normalized spacial score (nSPS) is 14.1. The zero-order valence-electron chi connectivity index (χ0n) is 11.3. The summed E-state index contributed by atoms with van der Waals surface area (Å²) < 4.78 is 0. The predicted octanol–water partition coefficient (Wildman–Crippen LogP) is 4.02. The molecule has 0 aliphatic carbocycles. The van der Waals surface area contributed by atoms with Crippen LogP contribution in [0.3, 0.4) is 0 Å². The Kier molecular flexibility index (Phi) is 4.94. The van der Waals surface area contributed by atoms with E-state index in [1.807, 2.05) is 36.7 Å². The molecule has 3 heteroatoms. The molecule has 1 heterocycles. The summed E-state index contributed by atoms with van der Waals surface area (Å²) in [6.07, 6.45) is 4.65. The molecule has 100 valence electrons. The van der Waals surface area contributed by atoms with Crippen molar-refractivity contribution >= 4 is 11.6 Å². The van der Waals surface area contributed by atoms with Gasteiger partial charge in [-0.1, -0.05) is 23.7 Å². The van der Waals surface area contributed by atoms with Crippen LogP contribution in [0.25, 0.3) is 0 Å². The third-order valence-electron chi connectivity index (χ3n) is 3.20. The van der Waals surface area contributed by atoms with Crippen molar-refractivity contribution in [3.8, 4) is 0 Å². The molecule has 19 heavy (non-hydrogen) atoms. The van der Waals surface area contributed by atoms with E-state index < -0.39 is 0 Å². The standard InChI is InChI=1S/C16H19ClN2/c1-12(11-14-3-5-16(17)6-4-14)19-13(2)15-7-9-18-10-8-15/h3-10,12-13,19H,11H2,1-2H3/t12?,13-/m0/s1. The van der Waals surface area contributed by atoms with Crippen LogP contribution in [0.4, 0.5) is 0 Å². The number of hydrogen-bond acceptors (Lipinski definition) is 2. The van der Waals surface area contributed by atoms with E-state index in [9.17, 15) is 0 Å². The van der Waals surface area contributed by atoms with Gasteiger partial charge in [0.1, 0.15) is 0 Å². The smallest absolute Gasteiger partial charge is 0.0406 e. The number of nitrogens with one attached hydrogen (secondary N) is 1. The fourth-order valence-electron chi connectivity index (χ4n) is 2.21. The number of rotatable bonds is 5. The average Bonchev–Trinajstić information content (AvgIpc) is 2.42. The minimum Gasteiger partial charge on any atom is -0.307 e. The lowest BCUT2D eigenvalue weighted by Gasteiger charge is -2.20. The Labute approximate surface area is 119 Å². The molecule has 1 N–H and O–H groups in total. The van der Waals surface area contributed by atoms with E-state index in [0.29, 0.717) is 12.1 Å². The number of nitrogens with zero attached hydrogens (tertiary/aromatic N) is 1. The number of hydrogen-bond donors (Lipinski definition) is 1. The zero-order valence-corrected chi connectivity index (χ0v) is 12.1. The Morgan fingerprint density at radius 1 is 1.05 bits per heavy atom. The van der Waals surface area contributed by atoms with Crippen molar-refractivity contribution in [3.05, 3.63) is 64.9 Å². The van der Waals surface area contributed by atoms with Crippen LogP contribution in [0, 0.1) is 0 Å². The van der Waals surface area contributed by atoms with Gasteiger partial charge in [0.25, 0.3) is 0 Å². The Bertz CT molecular complexity index is 496. The van der Waals surface area contributed by atoms with E-state index in [4.69, 9.17) is 11.6 Å². The molecule has 2 rings (SSSR count). The lowest BCUT2D eigenvalue weighted by molar-refractivity contribution is 0.477. The Morgan fingerprint density at radius 2 is 1.68 bits per heavy atom. The lowest BCUT2D eigenvalue weighted by Crippen LogP contribution is -2.30. The van der Waals surface area contributed by atoms with Crippen LogP contribution >= 0.6 is 11.6 Å². The van der Waals surface area contributed by atoms with Crippen LogP contribution in [-0.4, -0.2) is 11.0 Å². The van der Waals surface area contributed by atoms with Crippen LogP contribution in [0.1, 0.15) is 31.0 Å². The van der Waals surface area contributed by atoms with Gasteiger partial charge in [0.2, 0.25) is 0 Å². The van der Waals surface area contributed by atoms with Gasteiger partial charge in [-0.05, 0) is 55.7 Å². The monoisotopic (exact) mass is 274 g/mol. The molecule has 0 spiro atoms. The molecule has 2 nitrogen and oxygen atoms in total. The first-order valence-electron chi connectivity index (χ1n) is 6.55. The average molecular weight is 275 g/mol. The second-order valence-corrected chi connectivity index (χ2v) is 5.34. The summed E-state index contributed by atoms with van der Waals surface area (Å²) in [6.45, 7) is 4.37. The summed E-state index contributed by atoms with van der Waals surface area (Å²) in [6, 6.07) is 12.9. The Hall–Kier alpha value is -1.38. The fourth-order valence-corrected chi connectivity index (χ4v) is 2.33. The molecule has 0 aliphatic heterocycles. The summed E-state index contributed by atoms with van der Waals surface area (Å²) in [4.78, 5) is 4.04. The summed E-state index contributed by atoms with van der Waals surface area (Å²) in [5, 5.41) is 4.39. The van der Waals surface area contributed by atoms with Crippen LogP contribution in [-0.2, 0) is 6.42 Å². The van der Waals surface area contributed by atoms with Crippen molar-refractivity contribution in [2.24, 2.45) is 0 Å². The largest absolute Gasteiger partial charge is 0.307 e. The van der Waals surface area contributed by atoms with Gasteiger partial charge in [0, 0.05) is 29.5 Å². The molecule has 1 aromatic carbocycles. The highest BCUT2D eigenvalue weighted by Gasteiger charge is 2.09. The van der Waals surface area contributed by atoms with Crippen molar-refractivity contribution in [1.82, 2.24) is 10.3 Å². The van der Waals surface area contributed by atoms with Crippen LogP contribution in [0.2, 0.25) is 5.02 Å². The molecule has 0 saturated heterocycles. The van der Waals surface area contributed by atoms with Gasteiger partial charge in [0.05, 0.1) is 0 Å². The maximum Gasteiger partial charge on any atom is 0.0406 e. The van der Waals surface area contributed by atoms with Crippen molar-refractivity contribution < 1.29 is 0 Å². The number of pyridine rings is 1. The third-order valence-corrected chi connectivity index (χ3v) is 3.45. The van der Waals surface area contributed by atoms with Crippen LogP contribution < -0.4 is 5.32 Å². The zero-order chi connectivity index (χ0) is 13.7. The first-order valence-corrected chi connectivity index (χ1v) is 6.93. The fraction of sp³-hybridized carbons (Fsp3) is 0.312. The maximum atomic E-state index is 5.89. The highest BCUT2D eigenvalue weighted by Crippen LogP contribution is 2.14. The van der Waals surface area contributed by atoms with Gasteiger partial charge in [-0.2, -0.15) is 0 Å². The minimum absolute atomic E-state index is 0.324. The van der Waals surface area contributed by atoms with Gasteiger partial charge < -0.3 is 5.32 Å². The first-order chi connectivity index (χ1) is 9.15. The Morgan fingerprint density at radius 3 is 2.32 bits per heavy atom. The molecular formula is C16H19ClN2. The molecule has 0 bridgehead atoms. The highest BCUT2D eigenvalue weighted by molar-refractivity contribution is 6.30. The molecule has 2 atom stereocenters. The van der Waals surface area contributed by atoms with Crippen molar-refractivity contribution in [2.45, 2.75) is 32.4 Å². The third kappa shape index (κ3) is 4.34. The highest BCUT2D eigenvalue weighted by atomic mass is 35.5. The van der Waals surface area contributed by atoms with Crippen molar-refractivity contribution in [1.29, 1.82) is 0 Å². The van der Waals surface area contributed by atoms with E-state index in [-0.39, 0.29) is 0 Å². The van der Waals surface area contributed by atoms with E-state index >= 15 is 0 Å². The van der Waals surface area contributed by atoms with Crippen molar-refractivity contribution in [3.63, 3.8) is 0 Å². The molecule has 1 aromatic heterocycles. The summed E-state index contributed by atoms with van der Waals surface area (Å²) >= 11 is 5.89. The number of halogens is 1. The van der Waals surface area contributed by atoms with Gasteiger partial charge in [-0.15, -0.1) is 0 Å². The molecular weight excluding hydrogens is 256 g/mol. The van der Waals surface area contributed by atoms with Gasteiger partial charge in [-0.25, -0.2) is 0 Å². The second-order valence-electron chi connectivity index (χ2n) is 4.90. The summed E-state index contributed by atoms with van der Waals surface area (Å²) in [5.41, 5.74) is 2.56. The first kappa shape index (κ1) is 14.0. The van der Waals surface area contributed by atoms with E-state index in [1.54, 1.807) is 0 Å². The second kappa shape index (κ2) is 6.69. The van der Waals surface area contributed by atoms with Crippen molar-refractivity contribution in [2.75, 3.05) is 0 Å². The molecule has 0 fully saturated rings. The maximum absolute atomic E-state index is 5.89. The SMILES string of the molecule is CC(Cc1ccc(Cl)cc1)N[C@@H](C)c1ccncc1. The minimum atomic E-state index is 0.324. The topological polar surface area (TPSA) is 24.9 Å². The molecule has 0 amide bonds. The quantitative estimate of drug-likeness (QED) is 0.891. The van der Waals surface area contributed by atoms with E-state index in [2.05, 4.69) is 36.3 Å². The van der Waals surface area contributed by atoms with E-state index in [1.165, 1.54) is 11.1 Å². The molecule has 0 radical (unpaired) electrons. The van der Waals surface area contributed by atoms with Gasteiger partial charge >= 0.3 is 0 Å². The molecule has 0 saturated carbocycles. The molecule has 1 unspecified atom stereocenters. The number of benzene rings is 1. The Balaban J connectivity index is 1.90. The molecule has 2 aromatic rings. The summed E-state index contributed by atoms with van der Waals surface area (Å²) in [7, 11) is 0. The lowest BCUT2D eigenvalue weighted by atomic mass is 10.0. The predicted molar refractivity (Wildman–Crippen MR) is 80.4 cm³/mol. The van der Waals surface area contributed by atoms with Gasteiger partial charge in [-0.3, -0.25) is 4.98 Å².